The fourth-order valence-corrected chi connectivity index (χ4v) is 1.79. The molecule has 1 atom stereocenters. The first-order valence-electron chi connectivity index (χ1n) is 5.90. The molecular formula is C13H20N2O2. The van der Waals surface area contributed by atoms with Crippen LogP contribution in [0.25, 0.3) is 0 Å². The lowest BCUT2D eigenvalue weighted by molar-refractivity contribution is -0.138. The Morgan fingerprint density at radius 1 is 1.53 bits per heavy atom. The molecule has 1 rings (SSSR count). The van der Waals surface area contributed by atoms with Crippen molar-refractivity contribution in [2.45, 2.75) is 39.8 Å². The summed E-state index contributed by atoms with van der Waals surface area (Å²) in [5, 5.41) is 8.79. The van der Waals surface area contributed by atoms with Crippen LogP contribution in [-0.4, -0.2) is 33.5 Å². The van der Waals surface area contributed by atoms with Gasteiger partial charge in [0, 0.05) is 24.5 Å². The molecule has 1 unspecified atom stereocenters. The van der Waals surface area contributed by atoms with Gasteiger partial charge in [-0.2, -0.15) is 0 Å². The van der Waals surface area contributed by atoms with E-state index in [0.717, 1.165) is 24.3 Å². The summed E-state index contributed by atoms with van der Waals surface area (Å²) >= 11 is 0. The van der Waals surface area contributed by atoms with Crippen molar-refractivity contribution < 1.29 is 9.90 Å². The summed E-state index contributed by atoms with van der Waals surface area (Å²) in [5.41, 5.74) is 2.12. The topological polar surface area (TPSA) is 53.4 Å². The molecule has 0 spiro atoms. The molecular weight excluding hydrogens is 216 g/mol. The Balaban J connectivity index is 2.62. The average molecular weight is 236 g/mol. The molecule has 0 bridgehead atoms. The van der Waals surface area contributed by atoms with Crippen molar-refractivity contribution in [1.82, 2.24) is 9.88 Å². The van der Waals surface area contributed by atoms with Crippen molar-refractivity contribution in [2.75, 3.05) is 6.54 Å². The number of nitrogens with zero attached hydrogens (tertiary/aromatic N) is 2. The normalized spacial score (nSPS) is 12.7. The van der Waals surface area contributed by atoms with Crippen molar-refractivity contribution in [3.8, 4) is 0 Å². The highest BCUT2D eigenvalue weighted by atomic mass is 16.4. The van der Waals surface area contributed by atoms with Crippen molar-refractivity contribution in [3.05, 3.63) is 29.6 Å². The van der Waals surface area contributed by atoms with Gasteiger partial charge in [0.05, 0.1) is 6.42 Å². The van der Waals surface area contributed by atoms with Crippen LogP contribution in [0.15, 0.2) is 18.3 Å². The second kappa shape index (κ2) is 6.35. The Morgan fingerprint density at radius 3 is 2.71 bits per heavy atom. The Labute approximate surface area is 102 Å². The van der Waals surface area contributed by atoms with Crippen molar-refractivity contribution in [2.24, 2.45) is 0 Å². The van der Waals surface area contributed by atoms with E-state index in [4.69, 9.17) is 5.11 Å². The Hall–Kier alpha value is -1.42. The summed E-state index contributed by atoms with van der Waals surface area (Å²) in [7, 11) is 0. The third kappa shape index (κ3) is 4.53. The quantitative estimate of drug-likeness (QED) is 0.821. The van der Waals surface area contributed by atoms with Crippen LogP contribution in [0, 0.1) is 6.92 Å². The molecule has 0 aromatic carbocycles. The van der Waals surface area contributed by atoms with Crippen LogP contribution in [0.5, 0.6) is 0 Å². The maximum atomic E-state index is 10.7. The molecule has 0 saturated heterocycles. The number of aromatic nitrogens is 1. The molecule has 1 heterocycles. The number of pyridine rings is 1. The lowest BCUT2D eigenvalue weighted by Gasteiger charge is -2.26. The van der Waals surface area contributed by atoms with Gasteiger partial charge in [0.25, 0.3) is 0 Å². The number of hydrogen-bond acceptors (Lipinski definition) is 3. The number of rotatable bonds is 6. The first-order chi connectivity index (χ1) is 8.02. The van der Waals surface area contributed by atoms with Gasteiger partial charge < -0.3 is 5.11 Å². The summed E-state index contributed by atoms with van der Waals surface area (Å²) in [5.74, 6) is -0.752. The third-order valence-electron chi connectivity index (χ3n) is 2.86. The highest BCUT2D eigenvalue weighted by Crippen LogP contribution is 2.10. The lowest BCUT2D eigenvalue weighted by Crippen LogP contribution is -2.34. The minimum atomic E-state index is -0.752. The standard InChI is InChI=1S/C13H20N2O2/c1-4-15(11(3)7-13(16)17)9-12-6-5-10(2)14-8-12/h5-6,8,11H,4,7,9H2,1-3H3,(H,16,17). The molecule has 4 nitrogen and oxygen atoms in total. The molecule has 94 valence electrons. The summed E-state index contributed by atoms with van der Waals surface area (Å²) in [6.45, 7) is 7.52. The van der Waals surface area contributed by atoms with E-state index < -0.39 is 5.97 Å². The molecule has 0 saturated carbocycles. The smallest absolute Gasteiger partial charge is 0.304 e. The number of hydrogen-bond donors (Lipinski definition) is 1. The molecule has 4 heteroatoms. The average Bonchev–Trinajstić information content (AvgIpc) is 2.27. The molecule has 0 amide bonds. The van der Waals surface area contributed by atoms with Gasteiger partial charge in [-0.1, -0.05) is 13.0 Å². The zero-order valence-corrected chi connectivity index (χ0v) is 10.7. The van der Waals surface area contributed by atoms with Crippen molar-refractivity contribution in [1.29, 1.82) is 0 Å². The number of carboxylic acids is 1. The van der Waals surface area contributed by atoms with Crippen LogP contribution in [-0.2, 0) is 11.3 Å². The second-order valence-electron chi connectivity index (χ2n) is 4.32. The summed E-state index contributed by atoms with van der Waals surface area (Å²) in [6, 6.07) is 4.06. The van der Waals surface area contributed by atoms with Gasteiger partial charge in [-0.25, -0.2) is 0 Å². The summed E-state index contributed by atoms with van der Waals surface area (Å²) in [6.07, 6.45) is 2.03. The Morgan fingerprint density at radius 2 is 2.24 bits per heavy atom. The molecule has 17 heavy (non-hydrogen) atoms. The predicted octanol–water partition coefficient (Wildman–Crippen LogP) is 2.08. The lowest BCUT2D eigenvalue weighted by atomic mass is 10.1. The molecule has 0 aliphatic heterocycles. The van der Waals surface area contributed by atoms with Gasteiger partial charge in [-0.3, -0.25) is 14.7 Å². The van der Waals surface area contributed by atoms with Gasteiger partial charge in [0.1, 0.15) is 0 Å². The first-order valence-corrected chi connectivity index (χ1v) is 5.90. The number of carboxylic acid groups (broad SMARTS) is 1. The van der Waals surface area contributed by atoms with E-state index in [2.05, 4.69) is 9.88 Å². The molecule has 1 N–H and O–H groups in total. The van der Waals surface area contributed by atoms with E-state index in [-0.39, 0.29) is 12.5 Å². The van der Waals surface area contributed by atoms with E-state index in [1.54, 1.807) is 0 Å². The molecule has 0 fully saturated rings. The zero-order valence-electron chi connectivity index (χ0n) is 10.7. The molecule has 0 radical (unpaired) electrons. The van der Waals surface area contributed by atoms with Crippen LogP contribution in [0.4, 0.5) is 0 Å². The molecule has 0 aliphatic carbocycles. The summed E-state index contributed by atoms with van der Waals surface area (Å²) in [4.78, 5) is 17.1. The highest BCUT2D eigenvalue weighted by Gasteiger charge is 2.15. The Kier molecular flexibility index (Phi) is 5.10. The second-order valence-corrected chi connectivity index (χ2v) is 4.32. The van der Waals surface area contributed by atoms with Gasteiger partial charge >= 0.3 is 5.97 Å². The SMILES string of the molecule is CCN(Cc1ccc(C)nc1)C(C)CC(=O)O. The van der Waals surface area contributed by atoms with E-state index >= 15 is 0 Å². The largest absolute Gasteiger partial charge is 0.481 e. The predicted molar refractivity (Wildman–Crippen MR) is 66.8 cm³/mol. The number of aryl methyl sites for hydroxylation is 1. The van der Waals surface area contributed by atoms with Gasteiger partial charge in [0.2, 0.25) is 0 Å². The van der Waals surface area contributed by atoms with Crippen molar-refractivity contribution in [3.63, 3.8) is 0 Å². The summed E-state index contributed by atoms with van der Waals surface area (Å²) < 4.78 is 0. The fourth-order valence-electron chi connectivity index (χ4n) is 1.79. The maximum Gasteiger partial charge on any atom is 0.304 e. The third-order valence-corrected chi connectivity index (χ3v) is 2.86. The van der Waals surface area contributed by atoms with Crippen LogP contribution < -0.4 is 0 Å². The van der Waals surface area contributed by atoms with Crippen LogP contribution >= 0.6 is 0 Å². The fraction of sp³-hybridized carbons (Fsp3) is 0.538. The maximum absolute atomic E-state index is 10.7. The molecule has 1 aromatic rings. The minimum Gasteiger partial charge on any atom is -0.481 e. The van der Waals surface area contributed by atoms with Crippen LogP contribution in [0.3, 0.4) is 0 Å². The highest BCUT2D eigenvalue weighted by molar-refractivity contribution is 5.67. The van der Waals surface area contributed by atoms with E-state index in [0.29, 0.717) is 0 Å². The van der Waals surface area contributed by atoms with E-state index in [1.165, 1.54) is 0 Å². The number of carbonyl (C=O) groups is 1. The number of aliphatic carboxylic acids is 1. The monoisotopic (exact) mass is 236 g/mol. The van der Waals surface area contributed by atoms with Gasteiger partial charge in [-0.15, -0.1) is 0 Å². The van der Waals surface area contributed by atoms with E-state index in [9.17, 15) is 4.79 Å². The Bertz CT molecular complexity index is 362. The van der Waals surface area contributed by atoms with Crippen molar-refractivity contribution >= 4 is 5.97 Å². The van der Waals surface area contributed by atoms with Gasteiger partial charge in [0.15, 0.2) is 0 Å². The van der Waals surface area contributed by atoms with Gasteiger partial charge in [-0.05, 0) is 32.0 Å². The van der Waals surface area contributed by atoms with Crippen LogP contribution in [0.2, 0.25) is 0 Å². The zero-order chi connectivity index (χ0) is 12.8. The molecule has 0 aliphatic rings. The minimum absolute atomic E-state index is 0.0406. The van der Waals surface area contributed by atoms with Crippen LogP contribution in [0.1, 0.15) is 31.5 Å². The van der Waals surface area contributed by atoms with E-state index in [1.807, 2.05) is 39.1 Å². The first kappa shape index (κ1) is 13.6. The molecule has 1 aromatic heterocycles.